The molecule has 0 radical (unpaired) electrons. The van der Waals surface area contributed by atoms with E-state index < -0.39 is 5.82 Å². The lowest BCUT2D eigenvalue weighted by molar-refractivity contribution is -0.134. The predicted octanol–water partition coefficient (Wildman–Crippen LogP) is 3.46. The smallest absolute Gasteiger partial charge is 0.261 e. The standard InChI is InChI=1S/C16H16FNO2S/c17-14-3-1-2-4-15(14)20-10-16(19)18(13-5-6-13)9-12-7-8-21-11-12/h1-4,7-8,11,13H,5-6,9-10H2. The fourth-order valence-electron chi connectivity index (χ4n) is 2.17. The first kappa shape index (κ1) is 14.1. The van der Waals surface area contributed by atoms with Crippen LogP contribution in [0.25, 0.3) is 0 Å². The van der Waals surface area contributed by atoms with Crippen LogP contribution >= 0.6 is 11.3 Å². The van der Waals surface area contributed by atoms with Crippen molar-refractivity contribution >= 4 is 17.2 Å². The van der Waals surface area contributed by atoms with Crippen molar-refractivity contribution in [2.45, 2.75) is 25.4 Å². The molecule has 5 heteroatoms. The highest BCUT2D eigenvalue weighted by atomic mass is 32.1. The summed E-state index contributed by atoms with van der Waals surface area (Å²) in [7, 11) is 0. The fraction of sp³-hybridized carbons (Fsp3) is 0.312. The van der Waals surface area contributed by atoms with Gasteiger partial charge in [0.25, 0.3) is 5.91 Å². The average molecular weight is 305 g/mol. The third-order valence-electron chi connectivity index (χ3n) is 3.43. The molecule has 0 spiro atoms. The SMILES string of the molecule is O=C(COc1ccccc1F)N(Cc1ccsc1)C1CC1. The van der Waals surface area contributed by atoms with Crippen LogP contribution in [0.15, 0.2) is 41.1 Å². The van der Waals surface area contributed by atoms with Crippen molar-refractivity contribution in [3.05, 3.63) is 52.5 Å². The molecule has 1 aromatic heterocycles. The molecule has 1 aromatic carbocycles. The van der Waals surface area contributed by atoms with Gasteiger partial charge in [-0.1, -0.05) is 12.1 Å². The number of ether oxygens (including phenoxy) is 1. The Labute approximate surface area is 127 Å². The first-order valence-electron chi connectivity index (χ1n) is 6.92. The molecule has 0 atom stereocenters. The van der Waals surface area contributed by atoms with Gasteiger partial charge >= 0.3 is 0 Å². The molecular weight excluding hydrogens is 289 g/mol. The fourth-order valence-corrected chi connectivity index (χ4v) is 2.83. The van der Waals surface area contributed by atoms with E-state index in [1.807, 2.05) is 21.7 Å². The Balaban J connectivity index is 1.61. The number of para-hydroxylation sites is 1. The second-order valence-electron chi connectivity index (χ2n) is 5.10. The van der Waals surface area contributed by atoms with Crippen LogP contribution in [-0.4, -0.2) is 23.5 Å². The molecule has 1 saturated carbocycles. The van der Waals surface area contributed by atoms with Gasteiger partial charge in [-0.2, -0.15) is 11.3 Å². The summed E-state index contributed by atoms with van der Waals surface area (Å²) in [6.45, 7) is 0.481. The van der Waals surface area contributed by atoms with E-state index in [0.717, 1.165) is 18.4 Å². The van der Waals surface area contributed by atoms with Crippen LogP contribution in [0, 0.1) is 5.82 Å². The molecular formula is C16H16FNO2S. The van der Waals surface area contributed by atoms with E-state index in [0.29, 0.717) is 12.6 Å². The Bertz CT molecular complexity index is 610. The van der Waals surface area contributed by atoms with Crippen LogP contribution in [0.4, 0.5) is 4.39 Å². The summed E-state index contributed by atoms with van der Waals surface area (Å²) in [5.74, 6) is -0.412. The van der Waals surface area contributed by atoms with Crippen molar-refractivity contribution < 1.29 is 13.9 Å². The molecule has 2 aromatic rings. The third-order valence-corrected chi connectivity index (χ3v) is 4.16. The van der Waals surface area contributed by atoms with Crippen molar-refractivity contribution in [2.24, 2.45) is 0 Å². The van der Waals surface area contributed by atoms with Crippen LogP contribution in [0.2, 0.25) is 0 Å². The number of carbonyl (C=O) groups is 1. The van der Waals surface area contributed by atoms with Gasteiger partial charge in [-0.15, -0.1) is 0 Å². The van der Waals surface area contributed by atoms with Crippen LogP contribution in [0.3, 0.4) is 0 Å². The molecule has 0 aliphatic heterocycles. The maximum absolute atomic E-state index is 13.5. The van der Waals surface area contributed by atoms with Gasteiger partial charge in [-0.05, 0) is 47.4 Å². The molecule has 3 rings (SSSR count). The number of hydrogen-bond acceptors (Lipinski definition) is 3. The molecule has 3 nitrogen and oxygen atoms in total. The van der Waals surface area contributed by atoms with E-state index in [9.17, 15) is 9.18 Å². The van der Waals surface area contributed by atoms with Crippen molar-refractivity contribution in [3.8, 4) is 5.75 Å². The summed E-state index contributed by atoms with van der Waals surface area (Å²) in [4.78, 5) is 14.2. The first-order chi connectivity index (χ1) is 10.2. The zero-order valence-corrected chi connectivity index (χ0v) is 12.3. The minimum Gasteiger partial charge on any atom is -0.481 e. The van der Waals surface area contributed by atoms with Gasteiger partial charge in [0.15, 0.2) is 18.2 Å². The second kappa shape index (κ2) is 6.26. The third kappa shape index (κ3) is 3.61. The maximum Gasteiger partial charge on any atom is 0.261 e. The van der Waals surface area contributed by atoms with E-state index >= 15 is 0 Å². The molecule has 1 aliphatic rings. The highest BCUT2D eigenvalue weighted by Gasteiger charge is 2.32. The van der Waals surface area contributed by atoms with E-state index in [-0.39, 0.29) is 18.3 Å². The molecule has 110 valence electrons. The number of carbonyl (C=O) groups excluding carboxylic acids is 1. The van der Waals surface area contributed by atoms with Crippen molar-refractivity contribution in [3.63, 3.8) is 0 Å². The zero-order chi connectivity index (χ0) is 14.7. The molecule has 1 amide bonds. The van der Waals surface area contributed by atoms with Crippen molar-refractivity contribution in [2.75, 3.05) is 6.61 Å². The highest BCUT2D eigenvalue weighted by Crippen LogP contribution is 2.29. The summed E-state index contributed by atoms with van der Waals surface area (Å²) in [5, 5.41) is 4.04. The number of nitrogens with zero attached hydrogens (tertiary/aromatic N) is 1. The van der Waals surface area contributed by atoms with Crippen LogP contribution < -0.4 is 4.74 Å². The van der Waals surface area contributed by atoms with E-state index in [2.05, 4.69) is 0 Å². The van der Waals surface area contributed by atoms with Gasteiger partial charge in [-0.3, -0.25) is 4.79 Å². The summed E-state index contributed by atoms with van der Waals surface area (Å²) < 4.78 is 18.8. The minimum atomic E-state index is -0.443. The first-order valence-corrected chi connectivity index (χ1v) is 7.86. The average Bonchev–Trinajstić information content (AvgIpc) is 3.20. The second-order valence-corrected chi connectivity index (χ2v) is 5.88. The molecule has 1 heterocycles. The number of thiophene rings is 1. The van der Waals surface area contributed by atoms with Gasteiger partial charge in [-0.25, -0.2) is 4.39 Å². The lowest BCUT2D eigenvalue weighted by Crippen LogP contribution is -2.36. The van der Waals surface area contributed by atoms with E-state index in [1.165, 1.54) is 12.1 Å². The Morgan fingerprint density at radius 2 is 2.14 bits per heavy atom. The molecule has 0 N–H and O–H groups in total. The summed E-state index contributed by atoms with van der Waals surface area (Å²) in [6, 6.07) is 8.46. The Hall–Kier alpha value is -1.88. The van der Waals surface area contributed by atoms with Gasteiger partial charge < -0.3 is 9.64 Å². The molecule has 0 unspecified atom stereocenters. The quantitative estimate of drug-likeness (QED) is 0.818. The zero-order valence-electron chi connectivity index (χ0n) is 11.5. The number of hydrogen-bond donors (Lipinski definition) is 0. The minimum absolute atomic E-state index is 0.0908. The van der Waals surface area contributed by atoms with Crippen molar-refractivity contribution in [1.29, 1.82) is 0 Å². The predicted molar refractivity (Wildman–Crippen MR) is 79.8 cm³/mol. The topological polar surface area (TPSA) is 29.5 Å². The van der Waals surface area contributed by atoms with Gasteiger partial charge in [0, 0.05) is 12.6 Å². The maximum atomic E-state index is 13.5. The molecule has 0 saturated heterocycles. The molecule has 0 bridgehead atoms. The Morgan fingerprint density at radius 1 is 1.33 bits per heavy atom. The largest absolute Gasteiger partial charge is 0.481 e. The normalized spacial score (nSPS) is 14.0. The number of benzene rings is 1. The van der Waals surface area contributed by atoms with Crippen LogP contribution in [0.5, 0.6) is 5.75 Å². The van der Waals surface area contributed by atoms with E-state index in [4.69, 9.17) is 4.74 Å². The lowest BCUT2D eigenvalue weighted by atomic mass is 10.3. The summed E-state index contributed by atoms with van der Waals surface area (Å²) in [6.07, 6.45) is 2.07. The molecule has 1 fully saturated rings. The monoisotopic (exact) mass is 305 g/mol. The molecule has 21 heavy (non-hydrogen) atoms. The van der Waals surface area contributed by atoms with Gasteiger partial charge in [0.05, 0.1) is 0 Å². The van der Waals surface area contributed by atoms with E-state index in [1.54, 1.807) is 23.5 Å². The van der Waals surface area contributed by atoms with Gasteiger partial charge in [0.2, 0.25) is 0 Å². The number of rotatable bonds is 6. The van der Waals surface area contributed by atoms with Crippen LogP contribution in [-0.2, 0) is 11.3 Å². The highest BCUT2D eigenvalue weighted by molar-refractivity contribution is 7.07. The summed E-state index contributed by atoms with van der Waals surface area (Å²) >= 11 is 1.62. The number of amides is 1. The Kier molecular flexibility index (Phi) is 4.20. The lowest BCUT2D eigenvalue weighted by Gasteiger charge is -2.22. The molecule has 1 aliphatic carbocycles. The van der Waals surface area contributed by atoms with Crippen molar-refractivity contribution in [1.82, 2.24) is 4.90 Å². The summed E-state index contributed by atoms with van der Waals surface area (Å²) in [5.41, 5.74) is 1.13. The van der Waals surface area contributed by atoms with Gasteiger partial charge in [0.1, 0.15) is 0 Å². The van der Waals surface area contributed by atoms with Crippen LogP contribution in [0.1, 0.15) is 18.4 Å². The number of halogens is 1. The Morgan fingerprint density at radius 3 is 2.81 bits per heavy atom.